The van der Waals surface area contributed by atoms with E-state index in [1.165, 1.54) is 18.9 Å². The lowest BCUT2D eigenvalue weighted by Gasteiger charge is -2.06. The molecule has 0 aromatic heterocycles. The monoisotopic (exact) mass is 388 g/mol. The maximum atomic E-state index is 12.2. The highest BCUT2D eigenvalue weighted by atomic mass is 35.5. The van der Waals surface area contributed by atoms with Crippen molar-refractivity contribution in [1.82, 2.24) is 5.32 Å². The van der Waals surface area contributed by atoms with Gasteiger partial charge in [-0.05, 0) is 72.6 Å². The zero-order chi connectivity index (χ0) is 18.8. The second-order valence-electron chi connectivity index (χ2n) is 5.88. The fraction of sp³-hybridized carbons (Fsp3) is 0.158. The van der Waals surface area contributed by atoms with Crippen molar-refractivity contribution in [2.45, 2.75) is 13.8 Å². The summed E-state index contributed by atoms with van der Waals surface area (Å²) in [5.41, 5.74) is 3.66. The summed E-state index contributed by atoms with van der Waals surface area (Å²) in [7, 11) is 1.44. The van der Waals surface area contributed by atoms with Crippen LogP contribution in [0.25, 0.3) is 6.08 Å². The SMILES string of the molecule is COc1cc(C=C2SC(=Nc3cc(C)cc(C)c3)NC2=O)cc(Cl)c1O. The van der Waals surface area contributed by atoms with Crippen molar-refractivity contribution in [3.8, 4) is 11.5 Å². The Hall–Kier alpha value is -2.44. The number of aryl methyl sites for hydroxylation is 2. The second kappa shape index (κ2) is 7.43. The van der Waals surface area contributed by atoms with Crippen LogP contribution in [0.15, 0.2) is 40.2 Å². The van der Waals surface area contributed by atoms with Gasteiger partial charge in [0.25, 0.3) is 5.91 Å². The molecule has 1 fully saturated rings. The highest BCUT2D eigenvalue weighted by molar-refractivity contribution is 8.18. The molecule has 2 N–H and O–H groups in total. The van der Waals surface area contributed by atoms with Crippen LogP contribution in [0.3, 0.4) is 0 Å². The molecule has 0 bridgehead atoms. The summed E-state index contributed by atoms with van der Waals surface area (Å²) in [6.07, 6.45) is 1.68. The fourth-order valence-corrected chi connectivity index (χ4v) is 3.66. The number of amides is 1. The first-order valence-electron chi connectivity index (χ1n) is 7.80. The number of methoxy groups -OCH3 is 1. The minimum Gasteiger partial charge on any atom is -0.503 e. The van der Waals surface area contributed by atoms with Crippen LogP contribution in [0.1, 0.15) is 16.7 Å². The molecule has 134 valence electrons. The molecule has 3 rings (SSSR count). The third-order valence-electron chi connectivity index (χ3n) is 3.66. The molecule has 0 spiro atoms. The Morgan fingerprint density at radius 1 is 1.19 bits per heavy atom. The molecule has 26 heavy (non-hydrogen) atoms. The smallest absolute Gasteiger partial charge is 0.264 e. The summed E-state index contributed by atoms with van der Waals surface area (Å²) in [6.45, 7) is 4.01. The Kier molecular flexibility index (Phi) is 5.25. The number of hydrogen-bond acceptors (Lipinski definition) is 5. The first kappa shape index (κ1) is 18.4. The number of halogens is 1. The Bertz CT molecular complexity index is 934. The van der Waals surface area contributed by atoms with Crippen LogP contribution in [-0.4, -0.2) is 23.3 Å². The number of phenols is 1. The number of phenolic OH excluding ortho intramolecular Hbond substituents is 1. The molecule has 0 atom stereocenters. The third-order valence-corrected chi connectivity index (χ3v) is 4.85. The van der Waals surface area contributed by atoms with Gasteiger partial charge in [-0.2, -0.15) is 0 Å². The van der Waals surface area contributed by atoms with E-state index in [2.05, 4.69) is 16.4 Å². The minimum absolute atomic E-state index is 0.128. The predicted octanol–water partition coefficient (Wildman–Crippen LogP) is 4.56. The zero-order valence-corrected chi connectivity index (χ0v) is 16.0. The standard InChI is InChI=1S/C19H17ClN2O3S/c1-10-4-11(2)6-13(5-10)21-19-22-18(24)16(26-19)9-12-7-14(20)17(23)15(8-12)25-3/h4-9,23H,1-3H3,(H,21,22,24). The number of ether oxygens (including phenoxy) is 1. The van der Waals surface area contributed by atoms with Crippen LogP contribution in [0.4, 0.5) is 5.69 Å². The van der Waals surface area contributed by atoms with E-state index in [0.29, 0.717) is 15.6 Å². The Labute approximate surface area is 160 Å². The molecule has 0 unspecified atom stereocenters. The Morgan fingerprint density at radius 2 is 1.88 bits per heavy atom. The minimum atomic E-state index is -0.235. The number of aliphatic imine (C=N–C) groups is 1. The van der Waals surface area contributed by atoms with E-state index in [-0.39, 0.29) is 22.4 Å². The molecule has 0 aliphatic carbocycles. The number of carbonyl (C=O) groups excluding carboxylic acids is 1. The van der Waals surface area contributed by atoms with Crippen molar-refractivity contribution < 1.29 is 14.6 Å². The predicted molar refractivity (Wildman–Crippen MR) is 106 cm³/mol. The highest BCUT2D eigenvalue weighted by Crippen LogP contribution is 2.37. The summed E-state index contributed by atoms with van der Waals surface area (Å²) in [5, 5.41) is 13.2. The second-order valence-corrected chi connectivity index (χ2v) is 7.32. The first-order chi connectivity index (χ1) is 12.4. The molecule has 2 aromatic rings. The molecule has 0 radical (unpaired) electrons. The van der Waals surface area contributed by atoms with Gasteiger partial charge in [0.2, 0.25) is 0 Å². The molecule has 1 aliphatic heterocycles. The largest absolute Gasteiger partial charge is 0.503 e. The lowest BCUT2D eigenvalue weighted by atomic mass is 10.1. The number of thioether (sulfide) groups is 1. The van der Waals surface area contributed by atoms with Gasteiger partial charge in [0.1, 0.15) is 0 Å². The summed E-state index contributed by atoms with van der Waals surface area (Å²) >= 11 is 7.24. The van der Waals surface area contributed by atoms with Crippen molar-refractivity contribution in [3.63, 3.8) is 0 Å². The number of hydrogen-bond donors (Lipinski definition) is 2. The Morgan fingerprint density at radius 3 is 2.54 bits per heavy atom. The maximum Gasteiger partial charge on any atom is 0.264 e. The van der Waals surface area contributed by atoms with Crippen LogP contribution >= 0.6 is 23.4 Å². The van der Waals surface area contributed by atoms with Gasteiger partial charge in [-0.1, -0.05) is 17.7 Å². The van der Waals surface area contributed by atoms with Gasteiger partial charge in [0.15, 0.2) is 16.7 Å². The fourth-order valence-electron chi connectivity index (χ4n) is 2.60. The van der Waals surface area contributed by atoms with E-state index in [0.717, 1.165) is 16.8 Å². The molecule has 0 saturated carbocycles. The topological polar surface area (TPSA) is 70.9 Å². The van der Waals surface area contributed by atoms with Gasteiger partial charge in [0, 0.05) is 0 Å². The number of nitrogens with one attached hydrogen (secondary N) is 1. The van der Waals surface area contributed by atoms with Gasteiger partial charge >= 0.3 is 0 Å². The number of carbonyl (C=O) groups is 1. The van der Waals surface area contributed by atoms with Gasteiger partial charge < -0.3 is 15.2 Å². The number of benzene rings is 2. The maximum absolute atomic E-state index is 12.2. The molecule has 1 amide bonds. The Balaban J connectivity index is 1.89. The molecule has 2 aromatic carbocycles. The van der Waals surface area contributed by atoms with Crippen molar-refractivity contribution in [2.75, 3.05) is 7.11 Å². The van der Waals surface area contributed by atoms with E-state index in [4.69, 9.17) is 16.3 Å². The van der Waals surface area contributed by atoms with Crippen LogP contribution in [0, 0.1) is 13.8 Å². The van der Waals surface area contributed by atoms with Gasteiger partial charge in [-0.25, -0.2) is 4.99 Å². The van der Waals surface area contributed by atoms with Gasteiger partial charge in [-0.15, -0.1) is 0 Å². The van der Waals surface area contributed by atoms with Crippen LogP contribution in [-0.2, 0) is 4.79 Å². The highest BCUT2D eigenvalue weighted by Gasteiger charge is 2.24. The van der Waals surface area contributed by atoms with Crippen molar-refractivity contribution >= 4 is 46.2 Å². The van der Waals surface area contributed by atoms with Crippen molar-refractivity contribution in [1.29, 1.82) is 0 Å². The van der Waals surface area contributed by atoms with Crippen molar-refractivity contribution in [3.05, 3.63) is 56.9 Å². The molecule has 5 nitrogen and oxygen atoms in total. The first-order valence-corrected chi connectivity index (χ1v) is 8.99. The molecule has 1 heterocycles. The molecular formula is C19H17ClN2O3S. The van der Waals surface area contributed by atoms with E-state index in [1.807, 2.05) is 26.0 Å². The molecule has 1 saturated heterocycles. The van der Waals surface area contributed by atoms with E-state index in [9.17, 15) is 9.90 Å². The molecular weight excluding hydrogens is 372 g/mol. The molecule has 7 heteroatoms. The van der Waals surface area contributed by atoms with Crippen molar-refractivity contribution in [2.24, 2.45) is 4.99 Å². The van der Waals surface area contributed by atoms with E-state index >= 15 is 0 Å². The van der Waals surface area contributed by atoms with E-state index < -0.39 is 0 Å². The average molecular weight is 389 g/mol. The zero-order valence-electron chi connectivity index (χ0n) is 14.5. The number of aromatic hydroxyl groups is 1. The summed E-state index contributed by atoms with van der Waals surface area (Å²) in [4.78, 5) is 17.2. The van der Waals surface area contributed by atoms with Gasteiger partial charge in [-0.3, -0.25) is 4.79 Å². The molecule has 1 aliphatic rings. The van der Waals surface area contributed by atoms with Crippen LogP contribution in [0.2, 0.25) is 5.02 Å². The normalized spacial score (nSPS) is 17.0. The van der Waals surface area contributed by atoms with Crippen LogP contribution < -0.4 is 10.1 Å². The number of amidine groups is 1. The lowest BCUT2D eigenvalue weighted by molar-refractivity contribution is -0.115. The van der Waals surface area contributed by atoms with Crippen LogP contribution in [0.5, 0.6) is 11.5 Å². The quantitative estimate of drug-likeness (QED) is 0.756. The summed E-state index contributed by atoms with van der Waals surface area (Å²) < 4.78 is 5.09. The number of nitrogens with zero attached hydrogens (tertiary/aromatic N) is 1. The summed E-state index contributed by atoms with van der Waals surface area (Å²) in [6, 6.07) is 9.16. The number of rotatable bonds is 3. The average Bonchev–Trinajstić information content (AvgIpc) is 2.89. The summed E-state index contributed by atoms with van der Waals surface area (Å²) in [5.74, 6) is -0.116. The third kappa shape index (κ3) is 4.03. The lowest BCUT2D eigenvalue weighted by Crippen LogP contribution is -2.19. The van der Waals surface area contributed by atoms with E-state index in [1.54, 1.807) is 18.2 Å². The van der Waals surface area contributed by atoms with Gasteiger partial charge in [0.05, 0.1) is 22.7 Å².